The molecule has 0 bridgehead atoms. The van der Waals surface area contributed by atoms with E-state index in [-0.39, 0.29) is 6.03 Å². The third-order valence-corrected chi connectivity index (χ3v) is 2.69. The molecule has 0 aromatic heterocycles. The molecule has 0 spiro atoms. The van der Waals surface area contributed by atoms with Gasteiger partial charge in [0.25, 0.3) is 0 Å². The Morgan fingerprint density at radius 2 is 2.17 bits per heavy atom. The van der Waals surface area contributed by atoms with E-state index in [0.29, 0.717) is 0 Å². The fourth-order valence-corrected chi connectivity index (χ4v) is 1.71. The Hall–Kier alpha value is -0.730. The van der Waals surface area contributed by atoms with Crippen molar-refractivity contribution in [2.24, 2.45) is 5.92 Å². The van der Waals surface area contributed by atoms with E-state index in [1.807, 2.05) is 16.8 Å². The molecule has 0 atom stereocenters. The third-order valence-electron chi connectivity index (χ3n) is 2.69. The summed E-state index contributed by atoms with van der Waals surface area (Å²) in [7, 11) is 1.89. The molecule has 1 saturated carbocycles. The van der Waals surface area contributed by atoms with Crippen molar-refractivity contribution in [3.8, 4) is 0 Å². The van der Waals surface area contributed by atoms with Crippen LogP contribution in [-0.4, -0.2) is 42.5 Å². The maximum absolute atomic E-state index is 11.5. The van der Waals surface area contributed by atoms with Gasteiger partial charge in [-0.2, -0.15) is 0 Å². The molecule has 12 heavy (non-hydrogen) atoms. The number of amides is 2. The van der Waals surface area contributed by atoms with Crippen LogP contribution in [0.4, 0.5) is 4.79 Å². The highest BCUT2D eigenvalue weighted by Crippen LogP contribution is 2.30. The molecule has 0 aromatic rings. The van der Waals surface area contributed by atoms with Crippen LogP contribution >= 0.6 is 0 Å². The molecule has 2 aliphatic rings. The van der Waals surface area contributed by atoms with Crippen molar-refractivity contribution >= 4 is 6.03 Å². The standard InChI is InChI=1S/C9H16N2O/c1-10-5-2-6-11(9(10)12)7-8-3-4-8/h8H,2-7H2,1H3. The maximum atomic E-state index is 11.5. The van der Waals surface area contributed by atoms with Gasteiger partial charge in [-0.05, 0) is 25.2 Å². The van der Waals surface area contributed by atoms with Gasteiger partial charge >= 0.3 is 6.03 Å². The minimum Gasteiger partial charge on any atom is -0.328 e. The van der Waals surface area contributed by atoms with E-state index in [9.17, 15) is 4.79 Å². The van der Waals surface area contributed by atoms with Crippen molar-refractivity contribution in [3.05, 3.63) is 0 Å². The normalized spacial score (nSPS) is 24.9. The first-order chi connectivity index (χ1) is 5.77. The van der Waals surface area contributed by atoms with Crippen LogP contribution in [0, 0.1) is 5.92 Å². The lowest BCUT2D eigenvalue weighted by Gasteiger charge is -2.33. The van der Waals surface area contributed by atoms with Crippen LogP contribution in [0.25, 0.3) is 0 Å². The van der Waals surface area contributed by atoms with E-state index in [2.05, 4.69) is 0 Å². The maximum Gasteiger partial charge on any atom is 0.319 e. The van der Waals surface area contributed by atoms with E-state index in [1.165, 1.54) is 12.8 Å². The summed E-state index contributed by atoms with van der Waals surface area (Å²) in [5.74, 6) is 0.820. The van der Waals surface area contributed by atoms with Crippen LogP contribution in [0.3, 0.4) is 0 Å². The fraction of sp³-hybridized carbons (Fsp3) is 0.889. The quantitative estimate of drug-likeness (QED) is 0.607. The molecule has 0 aromatic carbocycles. The van der Waals surface area contributed by atoms with Crippen LogP contribution in [0.5, 0.6) is 0 Å². The lowest BCUT2D eigenvalue weighted by atomic mass is 10.3. The molecular weight excluding hydrogens is 152 g/mol. The number of rotatable bonds is 2. The summed E-state index contributed by atoms with van der Waals surface area (Å²) in [6.07, 6.45) is 3.79. The van der Waals surface area contributed by atoms with Gasteiger partial charge in [0.05, 0.1) is 0 Å². The SMILES string of the molecule is CN1CCCN(CC2CC2)C1=O. The summed E-state index contributed by atoms with van der Waals surface area (Å²) in [5, 5.41) is 0. The van der Waals surface area contributed by atoms with Gasteiger partial charge in [-0.3, -0.25) is 0 Å². The number of hydrogen-bond donors (Lipinski definition) is 0. The molecule has 2 amide bonds. The number of carbonyl (C=O) groups excluding carboxylic acids is 1. The second-order valence-corrected chi connectivity index (χ2v) is 3.95. The Morgan fingerprint density at radius 1 is 1.42 bits per heavy atom. The molecule has 0 radical (unpaired) electrons. The molecule has 68 valence electrons. The molecule has 1 aliphatic carbocycles. The average molecular weight is 168 g/mol. The molecule has 2 rings (SSSR count). The van der Waals surface area contributed by atoms with E-state index < -0.39 is 0 Å². The molecule has 3 heteroatoms. The third kappa shape index (κ3) is 1.54. The second kappa shape index (κ2) is 2.96. The Balaban J connectivity index is 1.89. The van der Waals surface area contributed by atoms with Gasteiger partial charge in [-0.25, -0.2) is 4.79 Å². The Kier molecular flexibility index (Phi) is 1.95. The zero-order valence-corrected chi connectivity index (χ0v) is 7.62. The lowest BCUT2D eigenvalue weighted by Crippen LogP contribution is -2.47. The van der Waals surface area contributed by atoms with Gasteiger partial charge in [0.1, 0.15) is 0 Å². The number of hydrogen-bond acceptors (Lipinski definition) is 1. The van der Waals surface area contributed by atoms with Crippen LogP contribution in [0.2, 0.25) is 0 Å². The summed E-state index contributed by atoms with van der Waals surface area (Å²) < 4.78 is 0. The topological polar surface area (TPSA) is 23.6 Å². The summed E-state index contributed by atoms with van der Waals surface area (Å²) in [6, 6.07) is 0.230. The highest BCUT2D eigenvalue weighted by atomic mass is 16.2. The second-order valence-electron chi connectivity index (χ2n) is 3.95. The summed E-state index contributed by atoms with van der Waals surface area (Å²) >= 11 is 0. The van der Waals surface area contributed by atoms with Gasteiger partial charge in [0.15, 0.2) is 0 Å². The van der Waals surface area contributed by atoms with Crippen molar-refractivity contribution < 1.29 is 4.79 Å². The first kappa shape index (κ1) is 7.90. The van der Waals surface area contributed by atoms with Crippen molar-refractivity contribution in [1.82, 2.24) is 9.80 Å². The minimum atomic E-state index is 0.230. The van der Waals surface area contributed by atoms with Crippen LogP contribution in [0.15, 0.2) is 0 Å². The van der Waals surface area contributed by atoms with Gasteiger partial charge in [0, 0.05) is 26.7 Å². The number of carbonyl (C=O) groups is 1. The molecule has 2 fully saturated rings. The number of nitrogens with zero attached hydrogens (tertiary/aromatic N) is 2. The molecule has 1 heterocycles. The van der Waals surface area contributed by atoms with Crippen molar-refractivity contribution in [2.75, 3.05) is 26.7 Å². The predicted molar refractivity (Wildman–Crippen MR) is 46.9 cm³/mol. The highest BCUT2D eigenvalue weighted by Gasteiger charge is 2.29. The molecular formula is C9H16N2O. The predicted octanol–water partition coefficient (Wildman–Crippen LogP) is 1.15. The monoisotopic (exact) mass is 168 g/mol. The zero-order chi connectivity index (χ0) is 8.55. The van der Waals surface area contributed by atoms with E-state index in [1.54, 1.807) is 0 Å². The van der Waals surface area contributed by atoms with E-state index >= 15 is 0 Å². The van der Waals surface area contributed by atoms with Gasteiger partial charge in [-0.15, -0.1) is 0 Å². The van der Waals surface area contributed by atoms with E-state index in [0.717, 1.165) is 32.0 Å². The number of urea groups is 1. The Bertz CT molecular complexity index is 189. The smallest absolute Gasteiger partial charge is 0.319 e. The summed E-state index contributed by atoms with van der Waals surface area (Å²) in [4.78, 5) is 15.4. The first-order valence-electron chi connectivity index (χ1n) is 4.77. The zero-order valence-electron chi connectivity index (χ0n) is 7.62. The van der Waals surface area contributed by atoms with Crippen LogP contribution in [0.1, 0.15) is 19.3 Å². The van der Waals surface area contributed by atoms with Gasteiger partial charge in [-0.1, -0.05) is 0 Å². The van der Waals surface area contributed by atoms with Gasteiger partial charge < -0.3 is 9.80 Å². The van der Waals surface area contributed by atoms with E-state index in [4.69, 9.17) is 0 Å². The van der Waals surface area contributed by atoms with Crippen molar-refractivity contribution in [3.63, 3.8) is 0 Å². The molecule has 1 aliphatic heterocycles. The fourth-order valence-electron chi connectivity index (χ4n) is 1.71. The highest BCUT2D eigenvalue weighted by molar-refractivity contribution is 5.74. The van der Waals surface area contributed by atoms with Crippen molar-refractivity contribution in [2.45, 2.75) is 19.3 Å². The first-order valence-corrected chi connectivity index (χ1v) is 4.77. The largest absolute Gasteiger partial charge is 0.328 e. The van der Waals surface area contributed by atoms with Crippen LogP contribution in [-0.2, 0) is 0 Å². The van der Waals surface area contributed by atoms with Crippen molar-refractivity contribution in [1.29, 1.82) is 0 Å². The van der Waals surface area contributed by atoms with Gasteiger partial charge in [0.2, 0.25) is 0 Å². The average Bonchev–Trinajstić information content (AvgIpc) is 2.83. The molecule has 3 nitrogen and oxygen atoms in total. The van der Waals surface area contributed by atoms with Crippen LogP contribution < -0.4 is 0 Å². The lowest BCUT2D eigenvalue weighted by molar-refractivity contribution is 0.139. The summed E-state index contributed by atoms with van der Waals surface area (Å²) in [6.45, 7) is 2.91. The molecule has 1 saturated heterocycles. The summed E-state index contributed by atoms with van der Waals surface area (Å²) in [5.41, 5.74) is 0. The Labute approximate surface area is 73.3 Å². The molecule has 0 N–H and O–H groups in total. The Morgan fingerprint density at radius 3 is 2.83 bits per heavy atom. The molecule has 0 unspecified atom stereocenters. The minimum absolute atomic E-state index is 0.230.